The molecule has 1 heterocycles. The third-order valence-electron chi connectivity index (χ3n) is 2.28. The summed E-state index contributed by atoms with van der Waals surface area (Å²) in [6, 6.07) is 7.58. The van der Waals surface area contributed by atoms with Crippen LogP contribution >= 0.6 is 11.6 Å². The molecule has 0 saturated heterocycles. The lowest BCUT2D eigenvalue weighted by molar-refractivity contribution is 0.0696. The van der Waals surface area contributed by atoms with Crippen LogP contribution in [0.2, 0.25) is 5.15 Å². The number of nitrogens with zero attached hydrogens (tertiary/aromatic N) is 2. The number of halogens is 1. The van der Waals surface area contributed by atoms with Crippen molar-refractivity contribution >= 4 is 17.6 Å². The van der Waals surface area contributed by atoms with E-state index < -0.39 is 5.97 Å². The zero-order valence-electron chi connectivity index (χ0n) is 9.01. The molecule has 1 aromatic carbocycles. The maximum atomic E-state index is 10.7. The maximum absolute atomic E-state index is 10.7. The minimum atomic E-state index is -1.13. The summed E-state index contributed by atoms with van der Waals surface area (Å²) in [6.45, 7) is 1.98. The Morgan fingerprint density at radius 2 is 1.94 bits per heavy atom. The Hall–Kier alpha value is -1.94. The fraction of sp³-hybridized carbons (Fsp3) is 0.0833. The molecule has 2 rings (SSSR count). The Kier molecular flexibility index (Phi) is 3.06. The van der Waals surface area contributed by atoms with Crippen LogP contribution in [0.4, 0.5) is 0 Å². The minimum Gasteiger partial charge on any atom is -0.478 e. The number of rotatable bonds is 2. The van der Waals surface area contributed by atoms with Crippen molar-refractivity contribution in [2.75, 3.05) is 0 Å². The largest absolute Gasteiger partial charge is 0.478 e. The molecule has 2 aromatic rings. The van der Waals surface area contributed by atoms with Crippen LogP contribution in [0.1, 0.15) is 15.9 Å². The van der Waals surface area contributed by atoms with Crippen LogP contribution in [0.5, 0.6) is 0 Å². The molecular weight excluding hydrogens is 240 g/mol. The molecule has 0 fully saturated rings. The standard InChI is InChI=1S/C12H9ClN2O2/c1-7-2-4-8(5-3-7)11-14-6-9(12(16)17)10(13)15-11/h2-6H,1H3,(H,16,17). The van der Waals surface area contributed by atoms with Crippen molar-refractivity contribution in [3.8, 4) is 11.4 Å². The molecule has 1 N–H and O–H groups in total. The number of benzene rings is 1. The highest BCUT2D eigenvalue weighted by Crippen LogP contribution is 2.19. The van der Waals surface area contributed by atoms with Gasteiger partial charge >= 0.3 is 5.97 Å². The van der Waals surface area contributed by atoms with Crippen molar-refractivity contribution < 1.29 is 9.90 Å². The van der Waals surface area contributed by atoms with Gasteiger partial charge in [-0.25, -0.2) is 14.8 Å². The quantitative estimate of drug-likeness (QED) is 0.830. The van der Waals surface area contributed by atoms with Gasteiger partial charge in [0.05, 0.1) is 0 Å². The van der Waals surface area contributed by atoms with Gasteiger partial charge in [-0.2, -0.15) is 0 Å². The van der Waals surface area contributed by atoms with E-state index in [2.05, 4.69) is 9.97 Å². The summed E-state index contributed by atoms with van der Waals surface area (Å²) in [6.07, 6.45) is 1.22. The lowest BCUT2D eigenvalue weighted by atomic mass is 10.1. The van der Waals surface area contributed by atoms with Crippen molar-refractivity contribution in [1.82, 2.24) is 9.97 Å². The van der Waals surface area contributed by atoms with E-state index in [0.29, 0.717) is 5.82 Å². The molecule has 0 spiro atoms. The van der Waals surface area contributed by atoms with E-state index >= 15 is 0 Å². The summed E-state index contributed by atoms with van der Waals surface area (Å²) in [7, 11) is 0. The van der Waals surface area contributed by atoms with Crippen LogP contribution in [0.15, 0.2) is 30.5 Å². The number of hydrogen-bond donors (Lipinski definition) is 1. The van der Waals surface area contributed by atoms with Crippen molar-refractivity contribution in [3.05, 3.63) is 46.7 Å². The summed E-state index contributed by atoms with van der Waals surface area (Å²) >= 11 is 5.77. The second-order valence-corrected chi connectivity index (χ2v) is 3.93. The van der Waals surface area contributed by atoms with Gasteiger partial charge in [-0.15, -0.1) is 0 Å². The lowest BCUT2D eigenvalue weighted by Gasteiger charge is -2.02. The molecule has 0 aliphatic rings. The zero-order chi connectivity index (χ0) is 12.4. The monoisotopic (exact) mass is 248 g/mol. The number of aromatic carboxylic acids is 1. The molecule has 0 aliphatic heterocycles. The molecule has 4 nitrogen and oxygen atoms in total. The third kappa shape index (κ3) is 2.42. The Morgan fingerprint density at radius 3 is 2.47 bits per heavy atom. The van der Waals surface area contributed by atoms with Gasteiger partial charge in [0.1, 0.15) is 10.7 Å². The molecule has 86 valence electrons. The normalized spacial score (nSPS) is 10.2. The Balaban J connectivity index is 2.44. The van der Waals surface area contributed by atoms with E-state index in [4.69, 9.17) is 16.7 Å². The summed E-state index contributed by atoms with van der Waals surface area (Å²) in [4.78, 5) is 18.7. The Morgan fingerprint density at radius 1 is 1.29 bits per heavy atom. The molecule has 0 amide bonds. The SMILES string of the molecule is Cc1ccc(-c2ncc(C(=O)O)c(Cl)n2)cc1. The first-order valence-corrected chi connectivity index (χ1v) is 5.28. The number of carbonyl (C=O) groups is 1. The maximum Gasteiger partial charge on any atom is 0.340 e. The predicted molar refractivity (Wildman–Crippen MR) is 64.2 cm³/mol. The zero-order valence-corrected chi connectivity index (χ0v) is 9.77. The first-order valence-electron chi connectivity index (χ1n) is 4.91. The molecule has 0 aliphatic carbocycles. The summed E-state index contributed by atoms with van der Waals surface area (Å²) < 4.78 is 0. The van der Waals surface area contributed by atoms with Crippen molar-refractivity contribution in [2.45, 2.75) is 6.92 Å². The van der Waals surface area contributed by atoms with E-state index in [0.717, 1.165) is 11.1 Å². The smallest absolute Gasteiger partial charge is 0.340 e. The van der Waals surface area contributed by atoms with Crippen LogP contribution in [0, 0.1) is 6.92 Å². The second-order valence-electron chi connectivity index (χ2n) is 3.57. The number of aryl methyl sites for hydroxylation is 1. The van der Waals surface area contributed by atoms with E-state index in [-0.39, 0.29) is 10.7 Å². The number of carboxylic acids is 1. The van der Waals surface area contributed by atoms with E-state index in [9.17, 15) is 4.79 Å². The fourth-order valence-corrected chi connectivity index (χ4v) is 1.56. The molecule has 0 bridgehead atoms. The van der Waals surface area contributed by atoms with Gasteiger partial charge in [-0.05, 0) is 6.92 Å². The van der Waals surface area contributed by atoms with Crippen LogP contribution in [0.25, 0.3) is 11.4 Å². The fourth-order valence-electron chi connectivity index (χ4n) is 1.35. The molecule has 0 saturated carbocycles. The molecular formula is C12H9ClN2O2. The number of aromatic nitrogens is 2. The minimum absolute atomic E-state index is 0.0527. The first-order chi connectivity index (χ1) is 8.08. The van der Waals surface area contributed by atoms with Crippen LogP contribution in [-0.2, 0) is 0 Å². The van der Waals surface area contributed by atoms with Crippen molar-refractivity contribution in [3.63, 3.8) is 0 Å². The van der Waals surface area contributed by atoms with Gasteiger partial charge in [0, 0.05) is 11.8 Å². The van der Waals surface area contributed by atoms with Gasteiger partial charge < -0.3 is 5.11 Å². The average molecular weight is 249 g/mol. The highest BCUT2D eigenvalue weighted by Gasteiger charge is 2.12. The second kappa shape index (κ2) is 4.51. The average Bonchev–Trinajstić information content (AvgIpc) is 2.29. The van der Waals surface area contributed by atoms with Gasteiger partial charge in [0.15, 0.2) is 5.82 Å². The van der Waals surface area contributed by atoms with E-state index in [1.807, 2.05) is 31.2 Å². The van der Waals surface area contributed by atoms with Gasteiger partial charge in [-0.3, -0.25) is 0 Å². The molecule has 5 heteroatoms. The molecule has 0 unspecified atom stereocenters. The first kappa shape index (κ1) is 11.5. The predicted octanol–water partition coefficient (Wildman–Crippen LogP) is 2.80. The van der Waals surface area contributed by atoms with Gasteiger partial charge in [0.25, 0.3) is 0 Å². The molecule has 0 radical (unpaired) electrons. The van der Waals surface area contributed by atoms with Crippen LogP contribution in [-0.4, -0.2) is 21.0 Å². The topological polar surface area (TPSA) is 63.1 Å². The highest BCUT2D eigenvalue weighted by molar-refractivity contribution is 6.32. The Bertz CT molecular complexity index is 567. The lowest BCUT2D eigenvalue weighted by Crippen LogP contribution is -2.01. The molecule has 0 atom stereocenters. The molecule has 17 heavy (non-hydrogen) atoms. The summed E-state index contributed by atoms with van der Waals surface area (Å²) in [5.74, 6) is -0.717. The van der Waals surface area contributed by atoms with Crippen molar-refractivity contribution in [1.29, 1.82) is 0 Å². The summed E-state index contributed by atoms with van der Waals surface area (Å²) in [5.41, 5.74) is 1.83. The van der Waals surface area contributed by atoms with Crippen LogP contribution in [0.3, 0.4) is 0 Å². The molecule has 1 aromatic heterocycles. The Labute approximate surface area is 103 Å². The third-order valence-corrected chi connectivity index (χ3v) is 2.57. The van der Waals surface area contributed by atoms with E-state index in [1.165, 1.54) is 6.20 Å². The highest BCUT2D eigenvalue weighted by atomic mass is 35.5. The van der Waals surface area contributed by atoms with Crippen molar-refractivity contribution in [2.24, 2.45) is 0 Å². The number of hydrogen-bond acceptors (Lipinski definition) is 3. The van der Waals surface area contributed by atoms with Crippen LogP contribution < -0.4 is 0 Å². The van der Waals surface area contributed by atoms with Gasteiger partial charge in [0.2, 0.25) is 0 Å². The summed E-state index contributed by atoms with van der Waals surface area (Å²) in [5, 5.41) is 8.75. The van der Waals surface area contributed by atoms with Gasteiger partial charge in [-0.1, -0.05) is 41.4 Å². The number of carboxylic acid groups (broad SMARTS) is 1. The van der Waals surface area contributed by atoms with E-state index in [1.54, 1.807) is 0 Å².